The number of hydrogen-bond acceptors (Lipinski definition) is 5. The lowest BCUT2D eigenvalue weighted by Gasteiger charge is -2.20. The molecular weight excluding hydrogens is 382 g/mol. The van der Waals surface area contributed by atoms with Crippen molar-refractivity contribution in [2.24, 2.45) is 0 Å². The van der Waals surface area contributed by atoms with Gasteiger partial charge in [0.15, 0.2) is 11.5 Å². The van der Waals surface area contributed by atoms with E-state index in [-0.39, 0.29) is 12.0 Å². The van der Waals surface area contributed by atoms with Crippen molar-refractivity contribution in [3.8, 4) is 11.5 Å². The molecule has 0 bridgehead atoms. The first-order chi connectivity index (χ1) is 12.9. The van der Waals surface area contributed by atoms with Gasteiger partial charge in [-0.05, 0) is 61.2 Å². The van der Waals surface area contributed by atoms with Crippen LogP contribution in [0, 0.1) is 13.8 Å². The molecular formula is C20H23NO4S2. The molecule has 4 rings (SSSR count). The highest BCUT2D eigenvalue weighted by molar-refractivity contribution is 7.99. The largest absolute Gasteiger partial charge is 0.454 e. The summed E-state index contributed by atoms with van der Waals surface area (Å²) in [4.78, 5) is 0.386. The van der Waals surface area contributed by atoms with Gasteiger partial charge in [0.2, 0.25) is 16.8 Å². The van der Waals surface area contributed by atoms with E-state index in [2.05, 4.69) is 6.07 Å². The van der Waals surface area contributed by atoms with E-state index in [1.54, 1.807) is 28.2 Å². The van der Waals surface area contributed by atoms with Gasteiger partial charge in [-0.15, -0.1) is 0 Å². The highest BCUT2D eigenvalue weighted by atomic mass is 32.2. The summed E-state index contributed by atoms with van der Waals surface area (Å²) in [6.07, 6.45) is 0.772. The molecule has 1 fully saturated rings. The fraction of sp³-hybridized carbons (Fsp3) is 0.400. The molecule has 1 unspecified atom stereocenters. The minimum Gasteiger partial charge on any atom is -0.454 e. The van der Waals surface area contributed by atoms with Crippen LogP contribution in [0.15, 0.2) is 41.3 Å². The van der Waals surface area contributed by atoms with Crippen LogP contribution < -0.4 is 9.47 Å². The van der Waals surface area contributed by atoms with Crippen LogP contribution in [0.1, 0.15) is 28.4 Å². The fourth-order valence-corrected chi connectivity index (χ4v) is 6.27. The van der Waals surface area contributed by atoms with Gasteiger partial charge in [0.1, 0.15) is 0 Å². The molecule has 0 N–H and O–H groups in total. The Morgan fingerprint density at radius 3 is 2.63 bits per heavy atom. The first kappa shape index (κ1) is 18.7. The smallest absolute Gasteiger partial charge is 0.243 e. The molecule has 1 atom stereocenters. The van der Waals surface area contributed by atoms with Crippen LogP contribution in [0.5, 0.6) is 11.5 Å². The van der Waals surface area contributed by atoms with Gasteiger partial charge in [0, 0.05) is 24.1 Å². The lowest BCUT2D eigenvalue weighted by Crippen LogP contribution is -2.33. The van der Waals surface area contributed by atoms with E-state index in [0.29, 0.717) is 18.0 Å². The monoisotopic (exact) mass is 405 g/mol. The summed E-state index contributed by atoms with van der Waals surface area (Å²) in [5.41, 5.74) is 3.26. The molecule has 1 saturated heterocycles. The van der Waals surface area contributed by atoms with E-state index in [1.807, 2.05) is 32.0 Å². The van der Waals surface area contributed by atoms with Gasteiger partial charge >= 0.3 is 0 Å². The predicted octanol–water partition coefficient (Wildman–Crippen LogP) is 3.90. The van der Waals surface area contributed by atoms with Gasteiger partial charge < -0.3 is 9.47 Å². The Morgan fingerprint density at radius 2 is 1.81 bits per heavy atom. The van der Waals surface area contributed by atoms with Crippen molar-refractivity contribution in [1.29, 1.82) is 0 Å². The maximum atomic E-state index is 13.1. The molecule has 0 radical (unpaired) electrons. The van der Waals surface area contributed by atoms with Crippen molar-refractivity contribution in [2.45, 2.75) is 30.4 Å². The summed E-state index contributed by atoms with van der Waals surface area (Å²) in [5, 5.41) is 0.249. The Kier molecular flexibility index (Phi) is 5.09. The number of benzene rings is 2. The quantitative estimate of drug-likeness (QED) is 0.775. The lowest BCUT2D eigenvalue weighted by atomic mass is 10.1. The van der Waals surface area contributed by atoms with Crippen molar-refractivity contribution in [3.05, 3.63) is 53.1 Å². The molecule has 2 aromatic rings. The molecule has 0 aliphatic carbocycles. The van der Waals surface area contributed by atoms with Crippen molar-refractivity contribution < 1.29 is 17.9 Å². The summed E-state index contributed by atoms with van der Waals surface area (Å²) in [7, 11) is -3.46. The molecule has 7 heteroatoms. The third-order valence-corrected chi connectivity index (χ3v) is 8.41. The minimum absolute atomic E-state index is 0.249. The third-order valence-electron chi connectivity index (χ3n) is 5.18. The van der Waals surface area contributed by atoms with Crippen LogP contribution in [-0.2, 0) is 10.0 Å². The Morgan fingerprint density at radius 1 is 1.00 bits per heavy atom. The molecule has 2 aliphatic rings. The van der Waals surface area contributed by atoms with E-state index < -0.39 is 10.0 Å². The number of nitrogens with zero attached hydrogens (tertiary/aromatic N) is 1. The highest BCUT2D eigenvalue weighted by Crippen LogP contribution is 2.40. The summed E-state index contributed by atoms with van der Waals surface area (Å²) in [5.74, 6) is 2.32. The molecule has 2 heterocycles. The SMILES string of the molecule is Cc1ccc(S(=O)(=O)N2CCSC(c3ccc4c(c3)OCO4)CC2)cc1C. The van der Waals surface area contributed by atoms with E-state index in [9.17, 15) is 8.42 Å². The molecule has 144 valence electrons. The van der Waals surface area contributed by atoms with Gasteiger partial charge in [0.05, 0.1) is 4.90 Å². The predicted molar refractivity (Wildman–Crippen MR) is 107 cm³/mol. The van der Waals surface area contributed by atoms with Crippen molar-refractivity contribution in [1.82, 2.24) is 4.31 Å². The first-order valence-corrected chi connectivity index (χ1v) is 11.5. The van der Waals surface area contributed by atoms with E-state index in [0.717, 1.165) is 40.4 Å². The van der Waals surface area contributed by atoms with Crippen LogP contribution in [0.4, 0.5) is 0 Å². The number of ether oxygens (including phenoxy) is 2. The maximum Gasteiger partial charge on any atom is 0.243 e. The molecule has 0 aromatic heterocycles. The van der Waals surface area contributed by atoms with Crippen LogP contribution in [-0.4, -0.2) is 38.4 Å². The second-order valence-corrected chi connectivity index (χ2v) is 10.2. The summed E-state index contributed by atoms with van der Waals surface area (Å²) in [6.45, 7) is 5.24. The highest BCUT2D eigenvalue weighted by Gasteiger charge is 2.29. The molecule has 5 nitrogen and oxygen atoms in total. The number of sulfonamides is 1. The molecule has 0 amide bonds. The average molecular weight is 406 g/mol. The minimum atomic E-state index is -3.46. The molecule has 2 aromatic carbocycles. The summed E-state index contributed by atoms with van der Waals surface area (Å²) in [6, 6.07) is 11.4. The van der Waals surface area contributed by atoms with Crippen LogP contribution >= 0.6 is 11.8 Å². The van der Waals surface area contributed by atoms with E-state index in [1.165, 1.54) is 0 Å². The third kappa shape index (κ3) is 3.68. The number of aryl methyl sites for hydroxylation is 2. The second kappa shape index (κ2) is 7.37. The van der Waals surface area contributed by atoms with Gasteiger partial charge in [-0.25, -0.2) is 8.42 Å². The molecule has 0 saturated carbocycles. The van der Waals surface area contributed by atoms with Crippen molar-refractivity contribution in [3.63, 3.8) is 0 Å². The van der Waals surface area contributed by atoms with Crippen LogP contribution in [0.25, 0.3) is 0 Å². The number of hydrogen-bond donors (Lipinski definition) is 0. The zero-order valence-corrected chi connectivity index (χ0v) is 17.1. The van der Waals surface area contributed by atoms with E-state index in [4.69, 9.17) is 9.47 Å². The molecule has 0 spiro atoms. The number of fused-ring (bicyclic) bond motifs is 1. The average Bonchev–Trinajstić information content (AvgIpc) is 2.97. The summed E-state index contributed by atoms with van der Waals surface area (Å²) >= 11 is 1.80. The Labute approximate surface area is 164 Å². The summed E-state index contributed by atoms with van der Waals surface area (Å²) < 4.78 is 38.6. The van der Waals surface area contributed by atoms with Gasteiger partial charge in [-0.3, -0.25) is 0 Å². The van der Waals surface area contributed by atoms with Crippen LogP contribution in [0.3, 0.4) is 0 Å². The molecule has 2 aliphatic heterocycles. The van der Waals surface area contributed by atoms with Gasteiger partial charge in [-0.2, -0.15) is 16.1 Å². The van der Waals surface area contributed by atoms with E-state index >= 15 is 0 Å². The van der Waals surface area contributed by atoms with Gasteiger partial charge in [0.25, 0.3) is 0 Å². The zero-order valence-electron chi connectivity index (χ0n) is 15.5. The zero-order chi connectivity index (χ0) is 19.0. The van der Waals surface area contributed by atoms with Crippen molar-refractivity contribution in [2.75, 3.05) is 25.6 Å². The lowest BCUT2D eigenvalue weighted by molar-refractivity contribution is 0.174. The topological polar surface area (TPSA) is 55.8 Å². The Balaban J connectivity index is 1.52. The van der Waals surface area contributed by atoms with Gasteiger partial charge in [-0.1, -0.05) is 12.1 Å². The fourth-order valence-electron chi connectivity index (χ4n) is 3.39. The number of rotatable bonds is 3. The standard InChI is InChI=1S/C20H23NO4S2/c1-14-3-5-17(11-15(14)2)27(22,23)21-8-7-20(26-10-9-21)16-4-6-18-19(12-16)25-13-24-18/h3-6,11-12,20H,7-10,13H2,1-2H3. The maximum absolute atomic E-state index is 13.1. The second-order valence-electron chi connectivity index (χ2n) is 6.91. The Bertz CT molecular complexity index is 958. The van der Waals surface area contributed by atoms with Crippen molar-refractivity contribution >= 4 is 21.8 Å². The van der Waals surface area contributed by atoms with Crippen LogP contribution in [0.2, 0.25) is 0 Å². The Hall–Kier alpha value is -1.70. The number of thioether (sulfide) groups is 1. The first-order valence-electron chi connectivity index (χ1n) is 9.04. The normalized spacial score (nSPS) is 20.4. The molecule has 27 heavy (non-hydrogen) atoms.